The van der Waals surface area contributed by atoms with E-state index in [4.69, 9.17) is 0 Å². The van der Waals surface area contributed by atoms with Crippen molar-refractivity contribution in [2.75, 3.05) is 6.54 Å². The summed E-state index contributed by atoms with van der Waals surface area (Å²) in [6, 6.07) is 9.12. The van der Waals surface area contributed by atoms with E-state index in [1.54, 1.807) is 26.0 Å². The van der Waals surface area contributed by atoms with Gasteiger partial charge in [0.15, 0.2) is 0 Å². The molecule has 170 valence electrons. The number of hydrogen-bond acceptors (Lipinski definition) is 2. The smallest absolute Gasteiger partial charge is 0.287 e. The maximum absolute atomic E-state index is 14.4. The number of aryl methyl sites for hydroxylation is 1. The lowest BCUT2D eigenvalue weighted by atomic mass is 9.89. The molecular weight excluding hydrogens is 401 g/mol. The predicted molar refractivity (Wildman–Crippen MR) is 118 cm³/mol. The Kier molecular flexibility index (Phi) is 7.30. The first kappa shape index (κ1) is 23.6. The highest BCUT2D eigenvalue weighted by Gasteiger charge is 2.51. The third kappa shape index (κ3) is 5.40. The molecule has 1 fully saturated rings. The summed E-state index contributed by atoms with van der Waals surface area (Å²) in [6.07, 6.45) is 2.58. The van der Waals surface area contributed by atoms with E-state index >= 15 is 0 Å². The maximum Gasteiger partial charge on any atom is 0.409 e. The highest BCUT2D eigenvalue weighted by atomic mass is 19.4. The number of carbonyl (C=O) groups is 1. The lowest BCUT2D eigenvalue weighted by Crippen LogP contribution is -2.44. The van der Waals surface area contributed by atoms with Crippen molar-refractivity contribution in [3.8, 4) is 0 Å². The molecule has 1 unspecified atom stereocenters. The quantitative estimate of drug-likeness (QED) is 0.444. The Labute approximate surface area is 183 Å². The minimum absolute atomic E-state index is 0.0132. The zero-order valence-electron chi connectivity index (χ0n) is 18.7. The largest absolute Gasteiger partial charge is 0.409 e. The zero-order valence-corrected chi connectivity index (χ0v) is 18.7. The molecule has 1 aliphatic heterocycles. The first-order valence-electron chi connectivity index (χ1n) is 11.3. The average Bonchev–Trinajstić information content (AvgIpc) is 2.96. The Balaban J connectivity index is 1.97. The van der Waals surface area contributed by atoms with Crippen LogP contribution in [-0.4, -0.2) is 23.6 Å². The molecule has 3 rings (SSSR count). The van der Waals surface area contributed by atoms with Crippen LogP contribution in [0, 0.1) is 5.41 Å². The van der Waals surface area contributed by atoms with E-state index in [0.717, 1.165) is 40.6 Å². The van der Waals surface area contributed by atoms with Gasteiger partial charge in [-0.2, -0.15) is 13.2 Å². The van der Waals surface area contributed by atoms with Gasteiger partial charge in [0.1, 0.15) is 6.04 Å². The third-order valence-electron chi connectivity index (χ3n) is 6.20. The Hall–Kier alpha value is -2.08. The first-order chi connectivity index (χ1) is 14.6. The molecule has 0 saturated carbocycles. The summed E-state index contributed by atoms with van der Waals surface area (Å²) in [5.74, 6) is -0.375. The molecule has 1 aliphatic rings. The molecule has 0 bridgehead atoms. The molecule has 1 saturated heterocycles. The van der Waals surface area contributed by atoms with Gasteiger partial charge in [0.25, 0.3) is 0 Å². The summed E-state index contributed by atoms with van der Waals surface area (Å²) >= 11 is 0. The van der Waals surface area contributed by atoms with Crippen LogP contribution >= 0.6 is 0 Å². The molecule has 0 aliphatic carbocycles. The maximum atomic E-state index is 14.4. The summed E-state index contributed by atoms with van der Waals surface area (Å²) in [6.45, 7) is 5.53. The van der Waals surface area contributed by atoms with Crippen LogP contribution < -0.4 is 5.43 Å². The number of alkyl halides is 3. The number of rotatable bonds is 9. The number of carbonyl (C=O) groups excluding carboxylic acids is 1. The molecule has 1 heterocycles. The SMILES string of the molecule is CCCCCCCCc1c(C(N2CC(C)(C)C(=O)N2)C(F)(F)F)ccc2ccccc12. The predicted octanol–water partition coefficient (Wildman–Crippen LogP) is 6.72. The van der Waals surface area contributed by atoms with E-state index in [-0.39, 0.29) is 18.0 Å². The van der Waals surface area contributed by atoms with E-state index in [1.165, 1.54) is 19.3 Å². The number of fused-ring (bicyclic) bond motifs is 1. The minimum Gasteiger partial charge on any atom is -0.287 e. The molecule has 3 nitrogen and oxygen atoms in total. The Morgan fingerprint density at radius 3 is 2.35 bits per heavy atom. The summed E-state index contributed by atoms with van der Waals surface area (Å²) in [7, 11) is 0. The molecule has 31 heavy (non-hydrogen) atoms. The molecule has 1 atom stereocenters. The second-order valence-electron chi connectivity index (χ2n) is 9.27. The number of hydrazine groups is 1. The van der Waals surface area contributed by atoms with Gasteiger partial charge in [0.05, 0.1) is 5.41 Å². The summed E-state index contributed by atoms with van der Waals surface area (Å²) in [5, 5.41) is 2.89. The van der Waals surface area contributed by atoms with Crippen molar-refractivity contribution in [3.05, 3.63) is 47.5 Å². The van der Waals surface area contributed by atoms with Crippen LogP contribution in [0.5, 0.6) is 0 Å². The monoisotopic (exact) mass is 434 g/mol. The van der Waals surface area contributed by atoms with Crippen molar-refractivity contribution in [2.24, 2.45) is 5.41 Å². The van der Waals surface area contributed by atoms with Crippen LogP contribution in [0.25, 0.3) is 10.8 Å². The highest BCUT2D eigenvalue weighted by Crippen LogP contribution is 2.43. The number of amides is 1. The van der Waals surface area contributed by atoms with Gasteiger partial charge in [-0.1, -0.05) is 75.4 Å². The summed E-state index contributed by atoms with van der Waals surface area (Å²) in [4.78, 5) is 12.2. The molecule has 6 heteroatoms. The minimum atomic E-state index is -4.51. The average molecular weight is 435 g/mol. The van der Waals surface area contributed by atoms with Crippen molar-refractivity contribution < 1.29 is 18.0 Å². The van der Waals surface area contributed by atoms with Crippen molar-refractivity contribution in [1.29, 1.82) is 0 Å². The third-order valence-corrected chi connectivity index (χ3v) is 6.20. The van der Waals surface area contributed by atoms with Crippen LogP contribution in [0.1, 0.15) is 76.5 Å². The van der Waals surface area contributed by atoms with Crippen molar-refractivity contribution in [2.45, 2.75) is 77.9 Å². The summed E-state index contributed by atoms with van der Waals surface area (Å²) in [5.41, 5.74) is 2.62. The Bertz CT molecular complexity index is 907. The number of benzene rings is 2. The van der Waals surface area contributed by atoms with E-state index < -0.39 is 17.6 Å². The zero-order chi connectivity index (χ0) is 22.6. The van der Waals surface area contributed by atoms with Gasteiger partial charge >= 0.3 is 6.18 Å². The van der Waals surface area contributed by atoms with Gasteiger partial charge < -0.3 is 0 Å². The standard InChI is InChI=1S/C25H33F3N2O/c1-4-5-6-7-8-9-14-20-19-13-11-10-12-18(19)15-16-21(20)22(25(26,27)28)30-17-24(2,3)23(31)29-30/h10-13,15-16,22H,4-9,14,17H2,1-3H3,(H,29,31). The van der Waals surface area contributed by atoms with Crippen molar-refractivity contribution in [3.63, 3.8) is 0 Å². The van der Waals surface area contributed by atoms with Crippen LogP contribution in [-0.2, 0) is 11.2 Å². The lowest BCUT2D eigenvalue weighted by Gasteiger charge is -2.32. The van der Waals surface area contributed by atoms with Gasteiger partial charge in [0, 0.05) is 6.54 Å². The van der Waals surface area contributed by atoms with Crippen LogP contribution in [0.4, 0.5) is 13.2 Å². The van der Waals surface area contributed by atoms with Gasteiger partial charge in [-0.3, -0.25) is 10.2 Å². The first-order valence-corrected chi connectivity index (χ1v) is 11.3. The van der Waals surface area contributed by atoms with Gasteiger partial charge in [-0.05, 0) is 48.6 Å². The number of nitrogens with zero attached hydrogens (tertiary/aromatic N) is 1. The normalized spacial score (nSPS) is 17.8. The van der Waals surface area contributed by atoms with Gasteiger partial charge in [-0.15, -0.1) is 0 Å². The van der Waals surface area contributed by atoms with E-state index in [2.05, 4.69) is 12.3 Å². The lowest BCUT2D eigenvalue weighted by molar-refractivity contribution is -0.191. The number of unbranched alkanes of at least 4 members (excludes halogenated alkanes) is 5. The van der Waals surface area contributed by atoms with Gasteiger partial charge in [-0.25, -0.2) is 5.01 Å². The van der Waals surface area contributed by atoms with Crippen molar-refractivity contribution in [1.82, 2.24) is 10.4 Å². The number of halogens is 3. The fraction of sp³-hybridized carbons (Fsp3) is 0.560. The fourth-order valence-electron chi connectivity index (χ4n) is 4.47. The molecule has 0 radical (unpaired) electrons. The second kappa shape index (κ2) is 9.60. The van der Waals surface area contributed by atoms with E-state index in [9.17, 15) is 18.0 Å². The topological polar surface area (TPSA) is 32.3 Å². The molecule has 0 spiro atoms. The van der Waals surface area contributed by atoms with E-state index in [0.29, 0.717) is 6.42 Å². The number of hydrogen-bond donors (Lipinski definition) is 1. The Morgan fingerprint density at radius 1 is 1.03 bits per heavy atom. The molecule has 2 aromatic carbocycles. The van der Waals surface area contributed by atoms with Crippen molar-refractivity contribution >= 4 is 16.7 Å². The summed E-state index contributed by atoms with van der Waals surface area (Å²) < 4.78 is 43.1. The highest BCUT2D eigenvalue weighted by molar-refractivity contribution is 5.87. The molecule has 1 amide bonds. The van der Waals surface area contributed by atoms with Gasteiger partial charge in [0.2, 0.25) is 5.91 Å². The number of nitrogens with one attached hydrogen (secondary N) is 1. The molecule has 2 aromatic rings. The van der Waals surface area contributed by atoms with E-state index in [1.807, 2.05) is 24.3 Å². The molecular formula is C25H33F3N2O. The van der Waals surface area contributed by atoms with Crippen LogP contribution in [0.3, 0.4) is 0 Å². The van der Waals surface area contributed by atoms with Crippen LogP contribution in [0.2, 0.25) is 0 Å². The second-order valence-corrected chi connectivity index (χ2v) is 9.27. The Morgan fingerprint density at radius 2 is 1.71 bits per heavy atom. The molecule has 1 N–H and O–H groups in total. The van der Waals surface area contributed by atoms with Crippen LogP contribution in [0.15, 0.2) is 36.4 Å². The molecule has 0 aromatic heterocycles. The fourth-order valence-corrected chi connectivity index (χ4v) is 4.47.